The van der Waals surface area contributed by atoms with Gasteiger partial charge in [-0.1, -0.05) is 0 Å². The fraction of sp³-hybridized carbons (Fsp3) is 0.609. The van der Waals surface area contributed by atoms with Crippen molar-refractivity contribution in [3.05, 3.63) is 23.5 Å². The summed E-state index contributed by atoms with van der Waals surface area (Å²) in [5, 5.41) is 11.0. The van der Waals surface area contributed by atoms with Gasteiger partial charge in [-0.25, -0.2) is 9.82 Å². The van der Waals surface area contributed by atoms with Crippen LogP contribution in [0.4, 0.5) is 10.1 Å². The molecule has 0 aromatic heterocycles. The van der Waals surface area contributed by atoms with Crippen molar-refractivity contribution in [2.75, 3.05) is 32.6 Å². The van der Waals surface area contributed by atoms with E-state index in [0.29, 0.717) is 25.2 Å². The van der Waals surface area contributed by atoms with Gasteiger partial charge in [0.1, 0.15) is 0 Å². The Hall–Kier alpha value is -2.92. The first-order chi connectivity index (χ1) is 16.4. The third kappa shape index (κ3) is 4.18. The lowest BCUT2D eigenvalue weighted by Gasteiger charge is -2.38. The molecule has 4 fully saturated rings. The summed E-state index contributed by atoms with van der Waals surface area (Å²) >= 11 is 0. The zero-order valence-corrected chi connectivity index (χ0v) is 19.4. The third-order valence-corrected chi connectivity index (χ3v) is 7.14. The standard InChI is InChI=1S/C23H31FN6O4/c1-29-23(33)17-15(11-16(26-20(17)28-29)27-21(31)12-5-6-12)25-14-8-7-13(18(24)19(14)34-2)22(32)30-9-3-4-10-30/h7-8,12,15-17,20,25-26,28H,3-6,9-11H2,1-2H3,(H,27,31). The topological polar surface area (TPSA) is 115 Å². The van der Waals surface area contributed by atoms with Crippen LogP contribution in [0, 0.1) is 17.7 Å². The molecule has 1 aliphatic carbocycles. The quantitative estimate of drug-likeness (QED) is 0.478. The van der Waals surface area contributed by atoms with Crippen LogP contribution in [-0.2, 0) is 9.59 Å². The zero-order chi connectivity index (χ0) is 24.0. The lowest BCUT2D eigenvalue weighted by Crippen LogP contribution is -2.63. The highest BCUT2D eigenvalue weighted by Gasteiger charge is 2.49. The molecule has 0 spiro atoms. The van der Waals surface area contributed by atoms with Gasteiger partial charge in [0.25, 0.3) is 5.91 Å². The van der Waals surface area contributed by atoms with Crippen LogP contribution >= 0.6 is 0 Å². The highest BCUT2D eigenvalue weighted by atomic mass is 19.1. The number of hydrazine groups is 1. The molecule has 5 rings (SSSR count). The molecule has 4 unspecified atom stereocenters. The second-order valence-electron chi connectivity index (χ2n) is 9.53. The molecule has 3 saturated heterocycles. The molecule has 11 heteroatoms. The highest BCUT2D eigenvalue weighted by Crippen LogP contribution is 2.35. The number of piperidine rings is 1. The van der Waals surface area contributed by atoms with Gasteiger partial charge in [-0.05, 0) is 37.8 Å². The van der Waals surface area contributed by atoms with Crippen molar-refractivity contribution >= 4 is 23.4 Å². The van der Waals surface area contributed by atoms with Crippen LogP contribution in [0.2, 0.25) is 0 Å². The van der Waals surface area contributed by atoms with Crippen LogP contribution in [0.15, 0.2) is 12.1 Å². The SMILES string of the molecule is COc1c(NC2CC(NC(=O)C3CC3)NC3NN(C)C(=O)C23)ccc(C(=O)N2CCCC2)c1F. The van der Waals surface area contributed by atoms with E-state index < -0.39 is 17.8 Å². The second-order valence-corrected chi connectivity index (χ2v) is 9.53. The number of rotatable bonds is 6. The Morgan fingerprint density at radius 1 is 1.21 bits per heavy atom. The van der Waals surface area contributed by atoms with Crippen LogP contribution in [0.1, 0.15) is 42.5 Å². The van der Waals surface area contributed by atoms with Gasteiger partial charge in [0.2, 0.25) is 11.8 Å². The molecule has 4 aliphatic rings. The summed E-state index contributed by atoms with van der Waals surface area (Å²) < 4.78 is 20.7. The van der Waals surface area contributed by atoms with Crippen molar-refractivity contribution in [3.8, 4) is 5.75 Å². The van der Waals surface area contributed by atoms with Gasteiger partial charge < -0.3 is 20.3 Å². The maximum absolute atomic E-state index is 15.4. The van der Waals surface area contributed by atoms with E-state index in [1.807, 2.05) is 0 Å². The fourth-order valence-corrected chi connectivity index (χ4v) is 5.16. The molecule has 34 heavy (non-hydrogen) atoms. The maximum atomic E-state index is 15.4. The third-order valence-electron chi connectivity index (χ3n) is 7.14. The van der Waals surface area contributed by atoms with Gasteiger partial charge in [0.05, 0.1) is 36.6 Å². The number of halogens is 1. The Balaban J connectivity index is 1.39. The molecule has 4 N–H and O–H groups in total. The summed E-state index contributed by atoms with van der Waals surface area (Å²) in [5.41, 5.74) is 3.42. The van der Waals surface area contributed by atoms with Crippen LogP contribution in [-0.4, -0.2) is 73.3 Å². The molecule has 10 nitrogen and oxygen atoms in total. The lowest BCUT2D eigenvalue weighted by molar-refractivity contribution is -0.131. The molecule has 1 aromatic carbocycles. The van der Waals surface area contributed by atoms with Gasteiger partial charge in [0.15, 0.2) is 11.6 Å². The van der Waals surface area contributed by atoms with E-state index in [0.717, 1.165) is 25.7 Å². The van der Waals surface area contributed by atoms with Crippen molar-refractivity contribution in [1.82, 2.24) is 26.0 Å². The molecule has 1 aromatic rings. The number of nitrogens with zero attached hydrogens (tertiary/aromatic N) is 2. The Labute approximate surface area is 197 Å². The highest BCUT2D eigenvalue weighted by molar-refractivity contribution is 5.96. The van der Waals surface area contributed by atoms with E-state index in [-0.39, 0.29) is 47.3 Å². The van der Waals surface area contributed by atoms with Gasteiger partial charge in [0, 0.05) is 38.5 Å². The Kier molecular flexibility index (Phi) is 6.07. The summed E-state index contributed by atoms with van der Waals surface area (Å²) in [4.78, 5) is 39.6. The predicted molar refractivity (Wildman–Crippen MR) is 121 cm³/mol. The minimum Gasteiger partial charge on any atom is -0.492 e. The van der Waals surface area contributed by atoms with Gasteiger partial charge >= 0.3 is 0 Å². The number of carbonyl (C=O) groups excluding carboxylic acids is 3. The fourth-order valence-electron chi connectivity index (χ4n) is 5.16. The number of amides is 3. The van der Waals surface area contributed by atoms with Gasteiger partial charge in [-0.3, -0.25) is 24.7 Å². The molecule has 4 atom stereocenters. The summed E-state index contributed by atoms with van der Waals surface area (Å²) in [7, 11) is 3.00. The molecule has 0 bridgehead atoms. The van der Waals surface area contributed by atoms with E-state index in [9.17, 15) is 14.4 Å². The summed E-state index contributed by atoms with van der Waals surface area (Å²) in [6, 6.07) is 2.68. The zero-order valence-electron chi connectivity index (χ0n) is 19.4. The number of ether oxygens (including phenoxy) is 1. The van der Waals surface area contributed by atoms with E-state index in [1.54, 1.807) is 18.0 Å². The molecule has 0 radical (unpaired) electrons. The monoisotopic (exact) mass is 474 g/mol. The number of nitrogens with one attached hydrogen (secondary N) is 4. The summed E-state index contributed by atoms with van der Waals surface area (Å²) in [6.07, 6.45) is 3.29. The molecule has 3 aliphatic heterocycles. The first-order valence-electron chi connectivity index (χ1n) is 11.9. The second kappa shape index (κ2) is 9.03. The number of carbonyl (C=O) groups is 3. The first kappa shape index (κ1) is 22.9. The largest absolute Gasteiger partial charge is 0.492 e. The van der Waals surface area contributed by atoms with E-state index in [1.165, 1.54) is 18.2 Å². The van der Waals surface area contributed by atoms with E-state index in [4.69, 9.17) is 4.74 Å². The summed E-state index contributed by atoms with van der Waals surface area (Å²) in [5.74, 6) is -1.66. The Morgan fingerprint density at radius 2 is 1.94 bits per heavy atom. The number of likely N-dealkylation sites (tertiary alicyclic amines) is 1. The smallest absolute Gasteiger partial charge is 0.256 e. The van der Waals surface area contributed by atoms with Crippen LogP contribution < -0.4 is 26.1 Å². The number of anilines is 1. The number of benzene rings is 1. The molecule has 3 heterocycles. The normalized spacial score (nSPS) is 28.6. The van der Waals surface area contributed by atoms with Crippen molar-refractivity contribution in [3.63, 3.8) is 0 Å². The molecular formula is C23H31FN6O4. The number of hydrogen-bond acceptors (Lipinski definition) is 7. The average molecular weight is 475 g/mol. The Morgan fingerprint density at radius 3 is 2.62 bits per heavy atom. The molecule has 184 valence electrons. The predicted octanol–water partition coefficient (Wildman–Crippen LogP) is 0.615. The van der Waals surface area contributed by atoms with E-state index in [2.05, 4.69) is 21.4 Å². The maximum Gasteiger partial charge on any atom is 0.256 e. The van der Waals surface area contributed by atoms with E-state index >= 15 is 4.39 Å². The first-order valence-corrected chi connectivity index (χ1v) is 11.9. The van der Waals surface area contributed by atoms with Crippen LogP contribution in [0.3, 0.4) is 0 Å². The van der Waals surface area contributed by atoms with Crippen molar-refractivity contribution in [2.45, 2.75) is 50.5 Å². The van der Waals surface area contributed by atoms with Crippen LogP contribution in [0.25, 0.3) is 0 Å². The minimum absolute atomic E-state index is 0.000723. The van der Waals surface area contributed by atoms with Gasteiger partial charge in [-0.15, -0.1) is 0 Å². The number of fused-ring (bicyclic) bond motifs is 1. The lowest BCUT2D eigenvalue weighted by atomic mass is 9.88. The van der Waals surface area contributed by atoms with Crippen molar-refractivity contribution in [1.29, 1.82) is 0 Å². The minimum atomic E-state index is -0.721. The summed E-state index contributed by atoms with van der Waals surface area (Å²) in [6.45, 7) is 1.24. The molecular weight excluding hydrogens is 443 g/mol. The molecule has 3 amide bonds. The van der Waals surface area contributed by atoms with Crippen molar-refractivity contribution < 1.29 is 23.5 Å². The average Bonchev–Trinajstić information content (AvgIpc) is 3.44. The van der Waals surface area contributed by atoms with Crippen LogP contribution in [0.5, 0.6) is 5.75 Å². The number of methoxy groups -OCH3 is 1. The van der Waals surface area contributed by atoms with Crippen molar-refractivity contribution in [2.24, 2.45) is 11.8 Å². The van der Waals surface area contributed by atoms with Gasteiger partial charge in [-0.2, -0.15) is 0 Å². The molecule has 1 saturated carbocycles. The number of hydrogen-bond donors (Lipinski definition) is 4. The Bertz CT molecular complexity index is 996.